The van der Waals surface area contributed by atoms with Gasteiger partial charge >= 0.3 is 10.3 Å². The minimum atomic E-state index is -4.23. The van der Waals surface area contributed by atoms with Gasteiger partial charge in [0.25, 0.3) is 0 Å². The standard InChI is InChI=1S/C13H17NO5S/c15-20(16,17)14-9-12-10-5-1-2-6-11(10)18-13(19-12)7-3-4-8-13/h1-2,5-6,12,14H,3-4,7-9H2,(H,15,16,17)/t12-/m0/s1. The summed E-state index contributed by atoms with van der Waals surface area (Å²) in [6.45, 7) is -0.0129. The normalized spacial score (nSPS) is 24.4. The molecular weight excluding hydrogens is 282 g/mol. The average Bonchev–Trinajstić information content (AvgIpc) is 2.83. The van der Waals surface area contributed by atoms with Gasteiger partial charge in [0.05, 0.1) is 0 Å². The molecule has 20 heavy (non-hydrogen) atoms. The highest BCUT2D eigenvalue weighted by atomic mass is 32.2. The largest absolute Gasteiger partial charge is 0.462 e. The molecule has 0 bridgehead atoms. The molecule has 0 unspecified atom stereocenters. The molecule has 1 aliphatic heterocycles. The quantitative estimate of drug-likeness (QED) is 0.831. The van der Waals surface area contributed by atoms with E-state index in [1.165, 1.54) is 0 Å². The molecule has 0 saturated heterocycles. The smallest absolute Gasteiger partial charge is 0.333 e. The van der Waals surface area contributed by atoms with Crippen molar-refractivity contribution in [1.82, 2.24) is 4.72 Å². The average molecular weight is 299 g/mol. The summed E-state index contributed by atoms with van der Waals surface area (Å²) < 4.78 is 44.6. The summed E-state index contributed by atoms with van der Waals surface area (Å²) in [5.74, 6) is 0.0719. The topological polar surface area (TPSA) is 84.9 Å². The zero-order valence-corrected chi connectivity index (χ0v) is 11.7. The molecule has 0 aromatic heterocycles. The highest BCUT2D eigenvalue weighted by Gasteiger charge is 2.44. The van der Waals surface area contributed by atoms with Crippen LogP contribution >= 0.6 is 0 Å². The third-order valence-corrected chi connectivity index (χ3v) is 4.27. The molecule has 1 aromatic rings. The number of fused-ring (bicyclic) bond motifs is 1. The molecule has 1 atom stereocenters. The van der Waals surface area contributed by atoms with Crippen molar-refractivity contribution in [3.05, 3.63) is 29.8 Å². The van der Waals surface area contributed by atoms with E-state index in [9.17, 15) is 8.42 Å². The van der Waals surface area contributed by atoms with Gasteiger partial charge in [-0.05, 0) is 18.9 Å². The summed E-state index contributed by atoms with van der Waals surface area (Å²) in [6.07, 6.45) is 3.19. The first-order chi connectivity index (χ1) is 9.48. The number of ether oxygens (including phenoxy) is 2. The van der Waals surface area contributed by atoms with Gasteiger partial charge in [-0.15, -0.1) is 0 Å². The fourth-order valence-electron chi connectivity index (χ4n) is 2.85. The molecule has 110 valence electrons. The Morgan fingerprint density at radius 1 is 1.30 bits per heavy atom. The molecule has 1 heterocycles. The van der Waals surface area contributed by atoms with Crippen molar-refractivity contribution in [2.45, 2.75) is 37.6 Å². The van der Waals surface area contributed by atoms with E-state index in [1.807, 2.05) is 24.3 Å². The summed E-state index contributed by atoms with van der Waals surface area (Å²) in [4.78, 5) is 0. The van der Waals surface area contributed by atoms with Crippen LogP contribution in [0.15, 0.2) is 24.3 Å². The second-order valence-electron chi connectivity index (χ2n) is 5.19. The first kappa shape index (κ1) is 13.8. The van der Waals surface area contributed by atoms with Crippen molar-refractivity contribution in [3.8, 4) is 5.75 Å². The lowest BCUT2D eigenvalue weighted by atomic mass is 10.0. The molecule has 0 amide bonds. The Morgan fingerprint density at radius 2 is 2.00 bits per heavy atom. The Hall–Kier alpha value is -1.15. The Balaban J connectivity index is 1.87. The van der Waals surface area contributed by atoms with Gasteiger partial charge in [-0.3, -0.25) is 4.55 Å². The second kappa shape index (κ2) is 5.00. The first-order valence-corrected chi connectivity index (χ1v) is 8.09. The fourth-order valence-corrected chi connectivity index (χ4v) is 3.21. The lowest BCUT2D eigenvalue weighted by Crippen LogP contribution is -2.44. The first-order valence-electron chi connectivity index (χ1n) is 6.65. The van der Waals surface area contributed by atoms with E-state index in [-0.39, 0.29) is 6.54 Å². The van der Waals surface area contributed by atoms with Crippen LogP contribution in [0.4, 0.5) is 0 Å². The molecule has 0 radical (unpaired) electrons. The maximum Gasteiger partial charge on any atom is 0.333 e. The van der Waals surface area contributed by atoms with Gasteiger partial charge in [-0.25, -0.2) is 0 Å². The number of para-hydroxylation sites is 1. The molecule has 7 heteroatoms. The van der Waals surface area contributed by atoms with Crippen LogP contribution in [0.3, 0.4) is 0 Å². The molecular formula is C13H17NO5S. The van der Waals surface area contributed by atoms with Gasteiger partial charge in [0, 0.05) is 24.9 Å². The molecule has 3 rings (SSSR count). The Kier molecular flexibility index (Phi) is 3.45. The molecule has 1 fully saturated rings. The van der Waals surface area contributed by atoms with Gasteiger partial charge < -0.3 is 9.47 Å². The molecule has 2 aliphatic rings. The van der Waals surface area contributed by atoms with Crippen molar-refractivity contribution in [3.63, 3.8) is 0 Å². The lowest BCUT2D eigenvalue weighted by molar-refractivity contribution is -0.223. The number of rotatable bonds is 3. The number of hydrogen-bond acceptors (Lipinski definition) is 4. The highest BCUT2D eigenvalue weighted by Crippen LogP contribution is 2.45. The van der Waals surface area contributed by atoms with Crippen molar-refractivity contribution in [2.24, 2.45) is 0 Å². The number of benzene rings is 1. The van der Waals surface area contributed by atoms with Crippen LogP contribution < -0.4 is 9.46 Å². The predicted octanol–water partition coefficient (Wildman–Crippen LogP) is 1.80. The van der Waals surface area contributed by atoms with E-state index in [2.05, 4.69) is 4.72 Å². The van der Waals surface area contributed by atoms with E-state index in [0.29, 0.717) is 0 Å². The Morgan fingerprint density at radius 3 is 2.70 bits per heavy atom. The van der Waals surface area contributed by atoms with Gasteiger partial charge in [-0.2, -0.15) is 13.1 Å². The molecule has 1 aromatic carbocycles. The minimum Gasteiger partial charge on any atom is -0.462 e. The van der Waals surface area contributed by atoms with Crippen molar-refractivity contribution in [1.29, 1.82) is 0 Å². The molecule has 1 saturated carbocycles. The van der Waals surface area contributed by atoms with E-state index in [0.717, 1.165) is 37.0 Å². The van der Waals surface area contributed by atoms with Gasteiger partial charge in [0.15, 0.2) is 0 Å². The molecule has 2 N–H and O–H groups in total. The van der Waals surface area contributed by atoms with Crippen LogP contribution in [0.25, 0.3) is 0 Å². The third kappa shape index (κ3) is 2.80. The van der Waals surface area contributed by atoms with E-state index in [4.69, 9.17) is 14.0 Å². The van der Waals surface area contributed by atoms with Crippen molar-refractivity contribution < 1.29 is 22.4 Å². The monoisotopic (exact) mass is 299 g/mol. The van der Waals surface area contributed by atoms with Gasteiger partial charge in [-0.1, -0.05) is 18.2 Å². The van der Waals surface area contributed by atoms with Crippen molar-refractivity contribution >= 4 is 10.3 Å². The predicted molar refractivity (Wildman–Crippen MR) is 71.6 cm³/mol. The fraction of sp³-hybridized carbons (Fsp3) is 0.538. The summed E-state index contributed by atoms with van der Waals surface area (Å²) in [5, 5.41) is 0. The van der Waals surface area contributed by atoms with Crippen LogP contribution in [0.2, 0.25) is 0 Å². The van der Waals surface area contributed by atoms with E-state index in [1.54, 1.807) is 0 Å². The maximum absolute atomic E-state index is 10.9. The number of hydrogen-bond donors (Lipinski definition) is 2. The highest BCUT2D eigenvalue weighted by molar-refractivity contribution is 7.83. The van der Waals surface area contributed by atoms with Crippen LogP contribution in [-0.2, 0) is 15.0 Å². The lowest BCUT2D eigenvalue weighted by Gasteiger charge is -2.40. The second-order valence-corrected chi connectivity index (χ2v) is 6.43. The molecule has 1 spiro atoms. The summed E-state index contributed by atoms with van der Waals surface area (Å²) in [7, 11) is -4.23. The maximum atomic E-state index is 10.9. The SMILES string of the molecule is O=S(=O)(O)NC[C@@H]1OC2(CCCC2)Oc2ccccc21. The summed E-state index contributed by atoms with van der Waals surface area (Å²) >= 11 is 0. The zero-order chi connectivity index (χ0) is 14.2. The molecule has 6 nitrogen and oxygen atoms in total. The van der Waals surface area contributed by atoms with Crippen LogP contribution in [0.1, 0.15) is 37.4 Å². The summed E-state index contributed by atoms with van der Waals surface area (Å²) in [5.41, 5.74) is 0.793. The van der Waals surface area contributed by atoms with Crippen molar-refractivity contribution in [2.75, 3.05) is 6.54 Å². The van der Waals surface area contributed by atoms with Crippen LogP contribution in [0.5, 0.6) is 5.75 Å². The molecule has 1 aliphatic carbocycles. The Bertz CT molecular complexity index is 595. The van der Waals surface area contributed by atoms with E-state index >= 15 is 0 Å². The van der Waals surface area contributed by atoms with Crippen LogP contribution in [-0.4, -0.2) is 25.3 Å². The van der Waals surface area contributed by atoms with Crippen LogP contribution in [0, 0.1) is 0 Å². The van der Waals surface area contributed by atoms with Gasteiger partial charge in [0.2, 0.25) is 5.79 Å². The Labute approximate surface area is 118 Å². The number of nitrogens with one attached hydrogen (secondary N) is 1. The summed E-state index contributed by atoms with van der Waals surface area (Å²) in [6, 6.07) is 7.42. The zero-order valence-electron chi connectivity index (χ0n) is 10.9. The minimum absolute atomic E-state index is 0.0129. The van der Waals surface area contributed by atoms with Gasteiger partial charge in [0.1, 0.15) is 11.9 Å². The third-order valence-electron chi connectivity index (χ3n) is 3.74. The van der Waals surface area contributed by atoms with E-state index < -0.39 is 22.2 Å².